The van der Waals surface area contributed by atoms with E-state index >= 15 is 0 Å². The SMILES string of the molecule is CC(C)(C)C1C(n2cc([N+](=O)[O-])cn2)CN1C(=O)O. The number of amides is 1. The third-order valence-corrected chi connectivity index (χ3v) is 3.36. The molecule has 1 fully saturated rings. The van der Waals surface area contributed by atoms with Crippen molar-refractivity contribution in [3.8, 4) is 0 Å². The predicted octanol–water partition coefficient (Wildman–Crippen LogP) is 1.74. The third-order valence-electron chi connectivity index (χ3n) is 3.36. The molecular weight excluding hydrogens is 252 g/mol. The Morgan fingerprint density at radius 1 is 1.58 bits per heavy atom. The van der Waals surface area contributed by atoms with Gasteiger partial charge in [0.1, 0.15) is 12.4 Å². The van der Waals surface area contributed by atoms with Gasteiger partial charge in [-0.1, -0.05) is 20.8 Å². The van der Waals surface area contributed by atoms with Gasteiger partial charge in [-0.05, 0) is 5.41 Å². The molecule has 8 nitrogen and oxygen atoms in total. The minimum absolute atomic E-state index is 0.0820. The molecule has 1 aromatic rings. The van der Waals surface area contributed by atoms with Crippen LogP contribution < -0.4 is 0 Å². The number of hydrogen-bond acceptors (Lipinski definition) is 4. The fraction of sp³-hybridized carbons (Fsp3) is 0.636. The van der Waals surface area contributed by atoms with Crippen molar-refractivity contribution in [3.05, 3.63) is 22.5 Å². The molecule has 104 valence electrons. The first-order valence-corrected chi connectivity index (χ1v) is 5.90. The van der Waals surface area contributed by atoms with Gasteiger partial charge in [-0.3, -0.25) is 14.8 Å². The molecule has 2 rings (SSSR count). The zero-order valence-electron chi connectivity index (χ0n) is 11.0. The summed E-state index contributed by atoms with van der Waals surface area (Å²) in [6.45, 7) is 6.13. The lowest BCUT2D eigenvalue weighted by molar-refractivity contribution is -0.385. The number of hydrogen-bond donors (Lipinski definition) is 1. The standard InChI is InChI=1S/C11H16N4O4/c1-11(2,3)9-8(6-13(9)10(16)17)14-5-7(4-12-14)15(18)19/h4-5,8-9H,6H2,1-3H3,(H,16,17). The Morgan fingerprint density at radius 3 is 2.63 bits per heavy atom. The molecule has 1 aliphatic heterocycles. The summed E-state index contributed by atoms with van der Waals surface area (Å²) in [5.74, 6) is 0. The average Bonchev–Trinajstić information content (AvgIpc) is 2.61. The number of carbonyl (C=O) groups is 1. The molecular formula is C11H16N4O4. The van der Waals surface area contributed by atoms with Gasteiger partial charge in [0.15, 0.2) is 0 Å². The van der Waals surface area contributed by atoms with Crippen LogP contribution >= 0.6 is 0 Å². The number of aromatic nitrogens is 2. The Hall–Kier alpha value is -2.12. The maximum absolute atomic E-state index is 11.1. The molecule has 0 aromatic carbocycles. The quantitative estimate of drug-likeness (QED) is 0.650. The van der Waals surface area contributed by atoms with Crippen molar-refractivity contribution in [3.63, 3.8) is 0 Å². The lowest BCUT2D eigenvalue weighted by Crippen LogP contribution is -2.63. The smallest absolute Gasteiger partial charge is 0.407 e. The van der Waals surface area contributed by atoms with Gasteiger partial charge in [0.05, 0.1) is 17.0 Å². The topological polar surface area (TPSA) is 101 Å². The molecule has 1 saturated heterocycles. The van der Waals surface area contributed by atoms with Crippen molar-refractivity contribution < 1.29 is 14.8 Å². The summed E-state index contributed by atoms with van der Waals surface area (Å²) in [5.41, 5.74) is -0.344. The molecule has 8 heteroatoms. The van der Waals surface area contributed by atoms with Crippen LogP contribution in [0.3, 0.4) is 0 Å². The molecule has 19 heavy (non-hydrogen) atoms. The normalized spacial score (nSPS) is 23.0. The largest absolute Gasteiger partial charge is 0.465 e. The van der Waals surface area contributed by atoms with Crippen LogP contribution in [0.25, 0.3) is 0 Å². The Kier molecular flexibility index (Phi) is 2.95. The summed E-state index contributed by atoms with van der Waals surface area (Å²) in [4.78, 5) is 22.6. The summed E-state index contributed by atoms with van der Waals surface area (Å²) < 4.78 is 1.49. The van der Waals surface area contributed by atoms with Crippen LogP contribution in [0.1, 0.15) is 26.8 Å². The van der Waals surface area contributed by atoms with Gasteiger partial charge >= 0.3 is 11.8 Å². The highest BCUT2D eigenvalue weighted by Crippen LogP contribution is 2.41. The van der Waals surface area contributed by atoms with E-state index in [-0.39, 0.29) is 23.2 Å². The van der Waals surface area contributed by atoms with E-state index in [9.17, 15) is 14.9 Å². The van der Waals surface area contributed by atoms with Gasteiger partial charge in [-0.2, -0.15) is 5.10 Å². The average molecular weight is 268 g/mol. The van der Waals surface area contributed by atoms with E-state index in [0.29, 0.717) is 6.54 Å². The van der Waals surface area contributed by atoms with E-state index in [1.54, 1.807) is 0 Å². The van der Waals surface area contributed by atoms with E-state index in [0.717, 1.165) is 0 Å². The second-order valence-electron chi connectivity index (χ2n) is 5.75. The summed E-state index contributed by atoms with van der Waals surface area (Å²) in [5, 5.41) is 23.7. The summed E-state index contributed by atoms with van der Waals surface area (Å²) in [7, 11) is 0. The fourth-order valence-corrected chi connectivity index (χ4v) is 2.56. The highest BCUT2D eigenvalue weighted by atomic mass is 16.6. The van der Waals surface area contributed by atoms with E-state index < -0.39 is 11.0 Å². The van der Waals surface area contributed by atoms with Crippen molar-refractivity contribution in [2.45, 2.75) is 32.9 Å². The Labute approximate surface area is 109 Å². The molecule has 1 amide bonds. The molecule has 0 aliphatic carbocycles. The van der Waals surface area contributed by atoms with Gasteiger partial charge in [0.2, 0.25) is 0 Å². The molecule has 2 unspecified atom stereocenters. The van der Waals surface area contributed by atoms with Gasteiger partial charge in [-0.25, -0.2) is 4.79 Å². The van der Waals surface area contributed by atoms with Crippen molar-refractivity contribution in [2.24, 2.45) is 5.41 Å². The monoisotopic (exact) mass is 268 g/mol. The second-order valence-corrected chi connectivity index (χ2v) is 5.75. The Bertz CT molecular complexity index is 519. The minimum atomic E-state index is -0.974. The fourth-order valence-electron chi connectivity index (χ4n) is 2.56. The Balaban J connectivity index is 2.25. The van der Waals surface area contributed by atoms with Crippen LogP contribution in [0.4, 0.5) is 10.5 Å². The van der Waals surface area contributed by atoms with Gasteiger partial charge in [-0.15, -0.1) is 0 Å². The van der Waals surface area contributed by atoms with Crippen molar-refractivity contribution >= 4 is 11.8 Å². The molecule has 1 aliphatic rings. The van der Waals surface area contributed by atoms with Crippen LogP contribution in [0.2, 0.25) is 0 Å². The number of carboxylic acid groups (broad SMARTS) is 1. The maximum Gasteiger partial charge on any atom is 0.407 e. The second kappa shape index (κ2) is 4.22. The Morgan fingerprint density at radius 2 is 2.21 bits per heavy atom. The van der Waals surface area contributed by atoms with E-state index in [1.165, 1.54) is 22.0 Å². The van der Waals surface area contributed by atoms with Gasteiger partial charge in [0.25, 0.3) is 0 Å². The predicted molar refractivity (Wildman–Crippen MR) is 65.9 cm³/mol. The van der Waals surface area contributed by atoms with Crippen LogP contribution in [-0.2, 0) is 0 Å². The molecule has 0 saturated carbocycles. The number of nitrogens with zero attached hydrogens (tertiary/aromatic N) is 4. The summed E-state index contributed by atoms with van der Waals surface area (Å²) in [6, 6.07) is -0.408. The molecule has 0 bridgehead atoms. The molecule has 1 N–H and O–H groups in total. The number of rotatable bonds is 2. The molecule has 2 atom stereocenters. The van der Waals surface area contributed by atoms with E-state index in [4.69, 9.17) is 5.11 Å². The van der Waals surface area contributed by atoms with Crippen LogP contribution in [0.15, 0.2) is 12.4 Å². The lowest BCUT2D eigenvalue weighted by Gasteiger charge is -2.52. The minimum Gasteiger partial charge on any atom is -0.465 e. The highest BCUT2D eigenvalue weighted by Gasteiger charge is 2.49. The van der Waals surface area contributed by atoms with Crippen LogP contribution in [-0.4, -0.2) is 43.4 Å². The van der Waals surface area contributed by atoms with Crippen molar-refractivity contribution in [1.82, 2.24) is 14.7 Å². The zero-order chi connectivity index (χ0) is 14.4. The first-order chi connectivity index (χ1) is 8.71. The molecule has 1 aromatic heterocycles. The van der Waals surface area contributed by atoms with Crippen molar-refractivity contribution in [1.29, 1.82) is 0 Å². The lowest BCUT2D eigenvalue weighted by atomic mass is 9.76. The first kappa shape index (κ1) is 13.3. The van der Waals surface area contributed by atoms with Gasteiger partial charge in [0, 0.05) is 6.54 Å². The van der Waals surface area contributed by atoms with Gasteiger partial charge < -0.3 is 10.0 Å². The van der Waals surface area contributed by atoms with Crippen LogP contribution in [0.5, 0.6) is 0 Å². The van der Waals surface area contributed by atoms with E-state index in [2.05, 4.69) is 5.10 Å². The first-order valence-electron chi connectivity index (χ1n) is 5.90. The number of nitro groups is 1. The summed E-state index contributed by atoms with van der Waals surface area (Å²) >= 11 is 0. The molecule has 2 heterocycles. The zero-order valence-corrected chi connectivity index (χ0v) is 11.0. The van der Waals surface area contributed by atoms with Crippen LogP contribution in [0, 0.1) is 15.5 Å². The third kappa shape index (κ3) is 2.25. The number of likely N-dealkylation sites (tertiary alicyclic amines) is 1. The summed E-state index contributed by atoms with van der Waals surface area (Å²) in [6.07, 6.45) is 1.56. The molecule has 0 radical (unpaired) electrons. The van der Waals surface area contributed by atoms with E-state index in [1.807, 2.05) is 20.8 Å². The van der Waals surface area contributed by atoms with Crippen molar-refractivity contribution in [2.75, 3.05) is 6.54 Å². The highest BCUT2D eigenvalue weighted by molar-refractivity contribution is 5.67. The maximum atomic E-state index is 11.1. The molecule has 0 spiro atoms.